The number of Topliss-reactive ketones (excluding diaryl/α,β-unsaturated/α-hetero) is 1. The maximum absolute atomic E-state index is 14.6. The highest BCUT2D eigenvalue weighted by molar-refractivity contribution is 6.40. The van der Waals surface area contributed by atoms with Crippen molar-refractivity contribution in [2.24, 2.45) is 23.2 Å². The number of benzene rings is 1. The molecule has 0 saturated heterocycles. The van der Waals surface area contributed by atoms with Gasteiger partial charge in [0.1, 0.15) is 0 Å². The molecule has 1 unspecified atom stereocenters. The van der Waals surface area contributed by atoms with Gasteiger partial charge in [0.25, 0.3) is 0 Å². The minimum absolute atomic E-state index is 0.000348. The third kappa shape index (κ3) is 6.94. The van der Waals surface area contributed by atoms with E-state index in [1.807, 2.05) is 13.8 Å². The van der Waals surface area contributed by atoms with E-state index in [-0.39, 0.29) is 50.4 Å². The molecule has 3 aliphatic rings. The average molecular weight is 624 g/mol. The van der Waals surface area contributed by atoms with Crippen molar-refractivity contribution in [1.29, 1.82) is 0 Å². The highest BCUT2D eigenvalue weighted by Gasteiger charge is 2.44. The Kier molecular flexibility index (Phi) is 9.63. The maximum atomic E-state index is 14.6. The molecule has 0 aromatic heterocycles. The Morgan fingerprint density at radius 3 is 2.17 bits per heavy atom. The van der Waals surface area contributed by atoms with Crippen LogP contribution in [0.3, 0.4) is 0 Å². The molecule has 4 rings (SSSR count). The number of aliphatic carboxylic acids is 1. The number of hydrogen-bond donors (Lipinski definition) is 1. The van der Waals surface area contributed by atoms with Crippen LogP contribution in [0.2, 0.25) is 10.0 Å². The van der Waals surface area contributed by atoms with Gasteiger partial charge in [-0.3, -0.25) is 14.4 Å². The number of alkyl halides is 3. The lowest BCUT2D eigenvalue weighted by Gasteiger charge is -2.45. The summed E-state index contributed by atoms with van der Waals surface area (Å²) in [6.45, 7) is 5.63. The minimum atomic E-state index is -4.80. The number of rotatable bonds is 9. The van der Waals surface area contributed by atoms with Crippen molar-refractivity contribution in [1.82, 2.24) is 0 Å². The molecular formula is C33H35Cl2F3O4. The summed E-state index contributed by atoms with van der Waals surface area (Å²) in [7, 11) is 0. The molecule has 226 valence electrons. The molecular weight excluding hydrogens is 588 g/mol. The van der Waals surface area contributed by atoms with Gasteiger partial charge < -0.3 is 5.11 Å². The summed E-state index contributed by atoms with van der Waals surface area (Å²) >= 11 is 12.4. The predicted octanol–water partition coefficient (Wildman–Crippen LogP) is 9.52. The van der Waals surface area contributed by atoms with Gasteiger partial charge in [0, 0.05) is 11.1 Å². The van der Waals surface area contributed by atoms with Gasteiger partial charge in [-0.1, -0.05) is 49.2 Å². The first-order valence-electron chi connectivity index (χ1n) is 14.3. The van der Waals surface area contributed by atoms with Crippen molar-refractivity contribution in [2.45, 2.75) is 78.3 Å². The molecule has 4 nitrogen and oxygen atoms in total. The zero-order chi connectivity index (χ0) is 31.0. The van der Waals surface area contributed by atoms with Gasteiger partial charge >= 0.3 is 12.1 Å². The van der Waals surface area contributed by atoms with Crippen LogP contribution in [0.5, 0.6) is 0 Å². The van der Waals surface area contributed by atoms with Crippen molar-refractivity contribution in [3.05, 3.63) is 79.9 Å². The second kappa shape index (κ2) is 12.5. The van der Waals surface area contributed by atoms with Gasteiger partial charge in [-0.05, 0) is 111 Å². The summed E-state index contributed by atoms with van der Waals surface area (Å²) in [5.74, 6) is -2.61. The van der Waals surface area contributed by atoms with Gasteiger partial charge in [-0.25, -0.2) is 0 Å². The zero-order valence-electron chi connectivity index (χ0n) is 23.9. The quantitative estimate of drug-likeness (QED) is 0.220. The first kappa shape index (κ1) is 32.3. The smallest absolute Gasteiger partial charge is 0.417 e. The number of hydrogen-bond acceptors (Lipinski definition) is 3. The van der Waals surface area contributed by atoms with Crippen LogP contribution in [0.15, 0.2) is 64.3 Å². The van der Waals surface area contributed by atoms with Gasteiger partial charge in [-0.2, -0.15) is 13.2 Å². The lowest BCUT2D eigenvalue weighted by atomic mass is 9.60. The molecule has 1 atom stereocenters. The maximum Gasteiger partial charge on any atom is 0.417 e. The largest absolute Gasteiger partial charge is 0.481 e. The monoisotopic (exact) mass is 622 g/mol. The van der Waals surface area contributed by atoms with Crippen LogP contribution in [0, 0.1) is 23.2 Å². The van der Waals surface area contributed by atoms with E-state index in [1.165, 1.54) is 24.3 Å². The summed E-state index contributed by atoms with van der Waals surface area (Å²) in [5.41, 5.74) is -1.28. The summed E-state index contributed by atoms with van der Waals surface area (Å²) in [6, 6.07) is 4.56. The molecule has 0 spiro atoms. The second-order valence-electron chi connectivity index (χ2n) is 12.4. The van der Waals surface area contributed by atoms with Crippen LogP contribution in [0.1, 0.15) is 82.5 Å². The Hall–Kier alpha value is -2.64. The van der Waals surface area contributed by atoms with Gasteiger partial charge in [-0.15, -0.1) is 0 Å². The second-order valence-corrected chi connectivity index (χ2v) is 13.2. The SMILES string of the molecule is CC1=CC(C(=O)/C(=C/C(=O)c2c(Cl)cccc2Cl)CC2CCC2(C)C)=C(C(F)(F)F)C1=CCC1CCC(C(=O)O)CC1. The van der Waals surface area contributed by atoms with E-state index in [0.29, 0.717) is 37.7 Å². The van der Waals surface area contributed by atoms with E-state index in [1.54, 1.807) is 13.0 Å². The standard InChI is InChI=1S/C33H35Cl2F3O4/c1-18-15-24(29(33(36,37)38)23(18)12-9-19-7-10-20(11-8-19)31(41)42)30(40)21(16-22-13-14-32(22,2)3)17-27(39)28-25(34)5-4-6-26(28)35/h4-6,12,15,17,19-20,22H,7-11,13-14,16H2,1-3H3,(H,41,42)/b21-17+,23-12?. The van der Waals surface area contributed by atoms with Gasteiger partial charge in [0.2, 0.25) is 0 Å². The Balaban J connectivity index is 1.70. The van der Waals surface area contributed by atoms with Crippen LogP contribution in [-0.2, 0) is 9.59 Å². The lowest BCUT2D eigenvalue weighted by molar-refractivity contribution is -0.143. The van der Waals surface area contributed by atoms with Crippen LogP contribution >= 0.6 is 23.2 Å². The predicted molar refractivity (Wildman–Crippen MR) is 158 cm³/mol. The summed E-state index contributed by atoms with van der Waals surface area (Å²) < 4.78 is 43.8. The number of carbonyl (C=O) groups excluding carboxylic acids is 2. The van der Waals surface area contributed by atoms with Crippen LogP contribution < -0.4 is 0 Å². The normalized spacial score (nSPS) is 25.3. The third-order valence-corrected chi connectivity index (χ3v) is 9.85. The molecule has 0 bridgehead atoms. The molecule has 9 heteroatoms. The molecule has 0 aliphatic heterocycles. The third-order valence-electron chi connectivity index (χ3n) is 9.22. The van der Waals surface area contributed by atoms with Crippen molar-refractivity contribution in [3.63, 3.8) is 0 Å². The average Bonchev–Trinajstić information content (AvgIpc) is 3.25. The van der Waals surface area contributed by atoms with E-state index in [2.05, 4.69) is 0 Å². The molecule has 0 radical (unpaired) electrons. The van der Waals surface area contributed by atoms with Crippen molar-refractivity contribution in [3.8, 4) is 0 Å². The Labute approximate surface area is 254 Å². The summed E-state index contributed by atoms with van der Waals surface area (Å²) in [4.78, 5) is 38.5. The molecule has 1 aromatic carbocycles. The fourth-order valence-electron chi connectivity index (χ4n) is 6.31. The molecule has 1 N–H and O–H groups in total. The fraction of sp³-hybridized carbons (Fsp3) is 0.485. The van der Waals surface area contributed by atoms with Gasteiger partial charge in [0.05, 0.1) is 27.1 Å². The van der Waals surface area contributed by atoms with E-state index < -0.39 is 40.8 Å². The van der Waals surface area contributed by atoms with Gasteiger partial charge in [0.15, 0.2) is 11.6 Å². The van der Waals surface area contributed by atoms with Crippen LogP contribution in [0.4, 0.5) is 13.2 Å². The van der Waals surface area contributed by atoms with E-state index in [4.69, 9.17) is 23.2 Å². The molecule has 42 heavy (non-hydrogen) atoms. The molecule has 3 aliphatic carbocycles. The zero-order valence-corrected chi connectivity index (χ0v) is 25.4. The summed E-state index contributed by atoms with van der Waals surface area (Å²) in [6.07, 6.45) is 3.59. The number of allylic oxidation sites excluding steroid dienone is 8. The topological polar surface area (TPSA) is 71.4 Å². The molecule has 1 aromatic rings. The number of carboxylic acids is 1. The number of halogens is 5. The number of carboxylic acid groups (broad SMARTS) is 1. The molecule has 0 heterocycles. The molecule has 2 saturated carbocycles. The molecule has 0 amide bonds. The van der Waals surface area contributed by atoms with Crippen molar-refractivity contribution in [2.75, 3.05) is 0 Å². The lowest BCUT2D eigenvalue weighted by Crippen LogP contribution is -2.35. The van der Waals surface area contributed by atoms with Crippen LogP contribution in [0.25, 0.3) is 0 Å². The van der Waals surface area contributed by atoms with Crippen LogP contribution in [-0.4, -0.2) is 28.8 Å². The fourth-order valence-corrected chi connectivity index (χ4v) is 6.89. The summed E-state index contributed by atoms with van der Waals surface area (Å²) in [5, 5.41) is 9.42. The first-order valence-corrected chi connectivity index (χ1v) is 15.0. The number of ketones is 2. The Bertz CT molecular complexity index is 1390. The Morgan fingerprint density at radius 2 is 1.67 bits per heavy atom. The highest BCUT2D eigenvalue weighted by atomic mass is 35.5. The van der Waals surface area contributed by atoms with Crippen molar-refractivity contribution >= 4 is 40.7 Å². The first-order chi connectivity index (χ1) is 19.6. The van der Waals surface area contributed by atoms with Crippen molar-refractivity contribution < 1.29 is 32.7 Å². The van der Waals surface area contributed by atoms with E-state index >= 15 is 0 Å². The Morgan fingerprint density at radius 1 is 1.05 bits per heavy atom. The molecule has 2 fully saturated rings. The number of carbonyl (C=O) groups is 3. The minimum Gasteiger partial charge on any atom is -0.481 e. The van der Waals surface area contributed by atoms with E-state index in [9.17, 15) is 32.7 Å². The van der Waals surface area contributed by atoms with E-state index in [0.717, 1.165) is 18.9 Å². The highest BCUT2D eigenvalue weighted by Crippen LogP contribution is 2.50.